The number of alkyl halides is 1. The second kappa shape index (κ2) is 4.35. The van der Waals surface area contributed by atoms with Crippen LogP contribution in [0.5, 0.6) is 0 Å². The van der Waals surface area contributed by atoms with Gasteiger partial charge in [0.05, 0.1) is 5.92 Å². The highest BCUT2D eigenvalue weighted by atomic mass is 79.9. The third kappa shape index (κ3) is 2.10. The summed E-state index contributed by atoms with van der Waals surface area (Å²) in [4.78, 5) is 22.3. The molecule has 3 nitrogen and oxygen atoms in total. The Labute approximate surface area is 110 Å². The highest BCUT2D eigenvalue weighted by Crippen LogP contribution is 2.33. The predicted octanol–water partition coefficient (Wildman–Crippen LogP) is 2.50. The molecule has 0 aromatic heterocycles. The molecular formula is C10H6BrCl2NO2. The van der Waals surface area contributed by atoms with E-state index in [1.165, 1.54) is 0 Å². The molecule has 2 atom stereocenters. The highest BCUT2D eigenvalue weighted by molar-refractivity contribution is 9.10. The van der Waals surface area contributed by atoms with Crippen molar-refractivity contribution in [2.24, 2.45) is 0 Å². The average Bonchev–Trinajstić information content (AvgIpc) is 2.39. The summed E-state index contributed by atoms with van der Waals surface area (Å²) in [5.74, 6) is -1.26. The molecule has 1 saturated heterocycles. The van der Waals surface area contributed by atoms with E-state index in [4.69, 9.17) is 23.2 Å². The SMILES string of the molecule is O=C1NC(=O)C(c2cc(Cl)cc(Cl)c2)C1Br. The van der Waals surface area contributed by atoms with E-state index in [1.807, 2.05) is 0 Å². The molecule has 1 aliphatic rings. The molecule has 1 heterocycles. The second-order valence-electron chi connectivity index (χ2n) is 3.44. The average molecular weight is 323 g/mol. The lowest BCUT2D eigenvalue weighted by atomic mass is 9.97. The second-order valence-corrected chi connectivity index (χ2v) is 5.30. The number of imide groups is 1. The Kier molecular flexibility index (Phi) is 3.24. The molecular weight excluding hydrogens is 317 g/mol. The monoisotopic (exact) mass is 321 g/mol. The first-order chi connectivity index (χ1) is 7.49. The predicted molar refractivity (Wildman–Crippen MR) is 65.1 cm³/mol. The van der Waals surface area contributed by atoms with Crippen molar-refractivity contribution in [2.75, 3.05) is 0 Å². The molecule has 2 unspecified atom stereocenters. The quantitative estimate of drug-likeness (QED) is 0.638. The summed E-state index contributed by atoms with van der Waals surface area (Å²) in [6.45, 7) is 0. The summed E-state index contributed by atoms with van der Waals surface area (Å²) in [7, 11) is 0. The van der Waals surface area contributed by atoms with Gasteiger partial charge in [0.25, 0.3) is 0 Å². The Bertz CT molecular complexity index is 458. The van der Waals surface area contributed by atoms with Crippen LogP contribution in [0.4, 0.5) is 0 Å². The maximum absolute atomic E-state index is 11.6. The van der Waals surface area contributed by atoms with Crippen molar-refractivity contribution in [3.8, 4) is 0 Å². The van der Waals surface area contributed by atoms with Crippen LogP contribution >= 0.6 is 39.1 Å². The van der Waals surface area contributed by atoms with Gasteiger partial charge in [0.15, 0.2) is 0 Å². The number of nitrogens with one attached hydrogen (secondary N) is 1. The fourth-order valence-corrected chi connectivity index (χ4v) is 2.83. The van der Waals surface area contributed by atoms with E-state index in [1.54, 1.807) is 18.2 Å². The molecule has 0 bridgehead atoms. The van der Waals surface area contributed by atoms with Crippen molar-refractivity contribution in [2.45, 2.75) is 10.7 Å². The minimum Gasteiger partial charge on any atom is -0.295 e. The third-order valence-corrected chi connectivity index (χ3v) is 3.70. The number of carbonyl (C=O) groups is 2. The zero-order valence-electron chi connectivity index (χ0n) is 7.84. The Morgan fingerprint density at radius 3 is 2.06 bits per heavy atom. The van der Waals surface area contributed by atoms with Gasteiger partial charge in [-0.3, -0.25) is 14.9 Å². The summed E-state index contributed by atoms with van der Waals surface area (Å²) in [5, 5.41) is 3.12. The molecule has 6 heteroatoms. The standard InChI is InChI=1S/C10H6BrCl2NO2/c11-8-7(9(15)14-10(8)16)4-1-5(12)3-6(13)2-4/h1-3,7-8H,(H,14,15,16). The molecule has 0 spiro atoms. The van der Waals surface area contributed by atoms with Crippen molar-refractivity contribution < 1.29 is 9.59 Å². The van der Waals surface area contributed by atoms with Gasteiger partial charge >= 0.3 is 0 Å². The molecule has 0 saturated carbocycles. The number of hydrogen-bond acceptors (Lipinski definition) is 2. The van der Waals surface area contributed by atoms with Gasteiger partial charge in [-0.05, 0) is 23.8 Å². The van der Waals surface area contributed by atoms with Gasteiger partial charge in [0, 0.05) is 10.0 Å². The van der Waals surface area contributed by atoms with Crippen LogP contribution in [0.15, 0.2) is 18.2 Å². The fourth-order valence-electron chi connectivity index (χ4n) is 1.63. The summed E-state index contributed by atoms with van der Waals surface area (Å²) in [6.07, 6.45) is 0. The molecule has 1 fully saturated rings. The topological polar surface area (TPSA) is 46.2 Å². The normalized spacial score (nSPS) is 24.7. The number of halogens is 3. The Hall–Kier alpha value is -0.580. The molecule has 1 aromatic rings. The Morgan fingerprint density at radius 1 is 1.06 bits per heavy atom. The highest BCUT2D eigenvalue weighted by Gasteiger charge is 2.41. The largest absolute Gasteiger partial charge is 0.295 e. The Morgan fingerprint density at radius 2 is 1.62 bits per heavy atom. The maximum atomic E-state index is 11.6. The Balaban J connectivity index is 2.44. The van der Waals surface area contributed by atoms with Gasteiger partial charge in [0.2, 0.25) is 11.8 Å². The molecule has 1 N–H and O–H groups in total. The van der Waals surface area contributed by atoms with Crippen LogP contribution < -0.4 is 5.32 Å². The lowest BCUT2D eigenvalue weighted by molar-refractivity contribution is -0.125. The van der Waals surface area contributed by atoms with Gasteiger partial charge in [-0.2, -0.15) is 0 Å². The molecule has 0 radical (unpaired) electrons. The van der Waals surface area contributed by atoms with Gasteiger partial charge in [-0.15, -0.1) is 0 Å². The van der Waals surface area contributed by atoms with Crippen molar-refractivity contribution in [3.05, 3.63) is 33.8 Å². The van der Waals surface area contributed by atoms with E-state index in [0.29, 0.717) is 15.6 Å². The van der Waals surface area contributed by atoms with Gasteiger partial charge in [-0.25, -0.2) is 0 Å². The minimum atomic E-state index is -0.580. The molecule has 2 rings (SSSR count). The van der Waals surface area contributed by atoms with Crippen LogP contribution in [-0.2, 0) is 9.59 Å². The molecule has 1 aromatic carbocycles. The number of benzene rings is 1. The van der Waals surface area contributed by atoms with Crippen LogP contribution in [0, 0.1) is 0 Å². The zero-order chi connectivity index (χ0) is 11.9. The summed E-state index contributed by atoms with van der Waals surface area (Å²) in [6, 6.07) is 4.83. The summed E-state index contributed by atoms with van der Waals surface area (Å²) >= 11 is 14.9. The van der Waals surface area contributed by atoms with Crippen molar-refractivity contribution in [1.29, 1.82) is 0 Å². The summed E-state index contributed by atoms with van der Waals surface area (Å²) in [5.41, 5.74) is 0.628. The molecule has 0 aliphatic carbocycles. The number of carbonyl (C=O) groups excluding carboxylic acids is 2. The lowest BCUT2D eigenvalue weighted by Gasteiger charge is -2.10. The van der Waals surface area contributed by atoms with E-state index in [-0.39, 0.29) is 11.8 Å². The van der Waals surface area contributed by atoms with E-state index in [0.717, 1.165) is 0 Å². The van der Waals surface area contributed by atoms with Crippen LogP contribution in [0.3, 0.4) is 0 Å². The maximum Gasteiger partial charge on any atom is 0.241 e. The summed E-state index contributed by atoms with van der Waals surface area (Å²) < 4.78 is 0. The van der Waals surface area contributed by atoms with E-state index in [9.17, 15) is 9.59 Å². The van der Waals surface area contributed by atoms with Crippen LogP contribution in [0.2, 0.25) is 10.0 Å². The van der Waals surface area contributed by atoms with E-state index < -0.39 is 10.7 Å². The number of rotatable bonds is 1. The van der Waals surface area contributed by atoms with Gasteiger partial charge in [0.1, 0.15) is 4.83 Å². The van der Waals surface area contributed by atoms with Crippen LogP contribution in [0.25, 0.3) is 0 Å². The molecule has 84 valence electrons. The smallest absolute Gasteiger partial charge is 0.241 e. The van der Waals surface area contributed by atoms with Crippen molar-refractivity contribution in [3.63, 3.8) is 0 Å². The first-order valence-electron chi connectivity index (χ1n) is 4.44. The molecule has 16 heavy (non-hydrogen) atoms. The van der Waals surface area contributed by atoms with Crippen LogP contribution in [0.1, 0.15) is 11.5 Å². The van der Waals surface area contributed by atoms with Gasteiger partial charge in [-0.1, -0.05) is 39.1 Å². The van der Waals surface area contributed by atoms with E-state index >= 15 is 0 Å². The van der Waals surface area contributed by atoms with Crippen molar-refractivity contribution in [1.82, 2.24) is 5.32 Å². The van der Waals surface area contributed by atoms with Crippen LogP contribution in [-0.4, -0.2) is 16.6 Å². The molecule has 1 aliphatic heterocycles. The fraction of sp³-hybridized carbons (Fsp3) is 0.200. The van der Waals surface area contributed by atoms with E-state index in [2.05, 4.69) is 21.2 Å². The zero-order valence-corrected chi connectivity index (χ0v) is 10.9. The minimum absolute atomic E-state index is 0.342. The number of hydrogen-bond donors (Lipinski definition) is 1. The van der Waals surface area contributed by atoms with Gasteiger partial charge < -0.3 is 0 Å². The molecule has 2 amide bonds. The number of amides is 2. The first kappa shape index (κ1) is 11.9. The van der Waals surface area contributed by atoms with Crippen molar-refractivity contribution >= 4 is 50.9 Å². The first-order valence-corrected chi connectivity index (χ1v) is 6.11. The third-order valence-electron chi connectivity index (χ3n) is 2.32. The lowest BCUT2D eigenvalue weighted by Crippen LogP contribution is -2.22.